The first-order chi connectivity index (χ1) is 12.5. The van der Waals surface area contributed by atoms with E-state index in [0.29, 0.717) is 12.4 Å². The van der Waals surface area contributed by atoms with Crippen molar-refractivity contribution in [3.05, 3.63) is 89.1 Å². The molecule has 0 saturated carbocycles. The van der Waals surface area contributed by atoms with Gasteiger partial charge in [0.2, 0.25) is 0 Å². The molecule has 3 aromatic rings. The minimum Gasteiger partial charge on any atom is -0.380 e. The molecular weight excluding hydrogens is 336 g/mol. The quantitative estimate of drug-likeness (QED) is 0.708. The average Bonchev–Trinajstić information content (AvgIpc) is 2.64. The molecule has 0 aliphatic rings. The Morgan fingerprint density at radius 3 is 2.42 bits per heavy atom. The van der Waals surface area contributed by atoms with Crippen LogP contribution in [-0.2, 0) is 6.54 Å². The van der Waals surface area contributed by atoms with E-state index < -0.39 is 17.5 Å². The molecular formula is C20H17F2N3O. The van der Waals surface area contributed by atoms with Gasteiger partial charge in [-0.15, -0.1) is 0 Å². The minimum absolute atomic E-state index is 0.0206. The van der Waals surface area contributed by atoms with Crippen molar-refractivity contribution in [2.24, 2.45) is 0 Å². The summed E-state index contributed by atoms with van der Waals surface area (Å²) in [5.41, 5.74) is 3.17. The maximum absolute atomic E-state index is 13.2. The Hall–Kier alpha value is -3.28. The molecule has 2 N–H and O–H groups in total. The zero-order valence-corrected chi connectivity index (χ0v) is 14.1. The molecule has 4 nitrogen and oxygen atoms in total. The molecule has 1 heterocycles. The zero-order chi connectivity index (χ0) is 18.5. The third-order valence-electron chi connectivity index (χ3n) is 3.80. The van der Waals surface area contributed by atoms with Gasteiger partial charge in [0.25, 0.3) is 5.91 Å². The number of anilines is 2. The molecule has 26 heavy (non-hydrogen) atoms. The van der Waals surface area contributed by atoms with E-state index in [-0.39, 0.29) is 5.56 Å². The first kappa shape index (κ1) is 17.5. The van der Waals surface area contributed by atoms with Gasteiger partial charge in [-0.25, -0.2) is 13.8 Å². The molecule has 132 valence electrons. The van der Waals surface area contributed by atoms with Crippen LogP contribution >= 0.6 is 0 Å². The van der Waals surface area contributed by atoms with Gasteiger partial charge in [0.05, 0.1) is 11.9 Å². The molecule has 0 bridgehead atoms. The number of hydrogen-bond donors (Lipinski definition) is 2. The lowest BCUT2D eigenvalue weighted by atomic mass is 10.1. The van der Waals surface area contributed by atoms with Gasteiger partial charge in [-0.1, -0.05) is 29.8 Å². The number of aryl methyl sites for hydroxylation is 1. The van der Waals surface area contributed by atoms with Crippen molar-refractivity contribution in [2.45, 2.75) is 13.5 Å². The molecule has 0 unspecified atom stereocenters. The van der Waals surface area contributed by atoms with Crippen LogP contribution in [0.15, 0.2) is 60.8 Å². The van der Waals surface area contributed by atoms with E-state index >= 15 is 0 Å². The van der Waals surface area contributed by atoms with E-state index in [1.54, 1.807) is 18.3 Å². The Morgan fingerprint density at radius 1 is 1.00 bits per heavy atom. The van der Waals surface area contributed by atoms with Gasteiger partial charge in [-0.05, 0) is 42.8 Å². The minimum atomic E-state index is -1.07. The smallest absolute Gasteiger partial charge is 0.256 e. The lowest BCUT2D eigenvalue weighted by Crippen LogP contribution is -2.13. The molecule has 6 heteroatoms. The Kier molecular flexibility index (Phi) is 5.22. The molecule has 0 saturated heterocycles. The van der Waals surface area contributed by atoms with E-state index in [9.17, 15) is 13.6 Å². The second-order valence-electron chi connectivity index (χ2n) is 5.85. The first-order valence-electron chi connectivity index (χ1n) is 8.03. The number of nitrogens with zero attached hydrogens (tertiary/aromatic N) is 1. The number of benzene rings is 2. The molecule has 0 radical (unpaired) electrons. The lowest BCUT2D eigenvalue weighted by molar-refractivity contribution is 0.102. The normalized spacial score (nSPS) is 10.4. The molecule has 0 aliphatic carbocycles. The first-order valence-corrected chi connectivity index (χ1v) is 8.03. The second-order valence-corrected chi connectivity index (χ2v) is 5.85. The third-order valence-corrected chi connectivity index (χ3v) is 3.80. The van der Waals surface area contributed by atoms with Crippen molar-refractivity contribution in [2.75, 3.05) is 10.6 Å². The highest BCUT2D eigenvalue weighted by molar-refractivity contribution is 6.03. The summed E-state index contributed by atoms with van der Waals surface area (Å²) in [5, 5.41) is 5.79. The number of carbonyl (C=O) groups is 1. The van der Waals surface area contributed by atoms with E-state index in [0.717, 1.165) is 23.4 Å². The number of pyridine rings is 1. The van der Waals surface area contributed by atoms with Crippen LogP contribution in [0.5, 0.6) is 0 Å². The van der Waals surface area contributed by atoms with Crippen LogP contribution in [0.2, 0.25) is 0 Å². The summed E-state index contributed by atoms with van der Waals surface area (Å²) < 4.78 is 26.1. The number of halogens is 2. The van der Waals surface area contributed by atoms with Crippen molar-refractivity contribution >= 4 is 17.4 Å². The summed E-state index contributed by atoms with van der Waals surface area (Å²) in [4.78, 5) is 16.2. The number of hydrogen-bond acceptors (Lipinski definition) is 3. The highest BCUT2D eigenvalue weighted by Gasteiger charge is 2.10. The SMILES string of the molecule is Cc1ccc(CNc2ccc(NC(=O)c3ccc(F)c(F)c3)nc2)cc1. The fourth-order valence-electron chi connectivity index (χ4n) is 2.31. The fraction of sp³-hybridized carbons (Fsp3) is 0.100. The summed E-state index contributed by atoms with van der Waals surface area (Å²) in [7, 11) is 0. The van der Waals surface area contributed by atoms with Crippen LogP contribution in [0.25, 0.3) is 0 Å². The summed E-state index contributed by atoms with van der Waals surface area (Å²) in [6, 6.07) is 14.6. The van der Waals surface area contributed by atoms with Gasteiger partial charge in [0, 0.05) is 12.1 Å². The van der Waals surface area contributed by atoms with Crippen molar-refractivity contribution in [3.63, 3.8) is 0 Å². The van der Waals surface area contributed by atoms with Crippen molar-refractivity contribution in [1.82, 2.24) is 4.98 Å². The summed E-state index contributed by atoms with van der Waals surface area (Å²) in [6.45, 7) is 2.69. The fourth-order valence-corrected chi connectivity index (χ4v) is 2.31. The van der Waals surface area contributed by atoms with Crippen LogP contribution in [0, 0.1) is 18.6 Å². The highest BCUT2D eigenvalue weighted by Crippen LogP contribution is 2.14. The highest BCUT2D eigenvalue weighted by atomic mass is 19.2. The molecule has 1 aromatic heterocycles. The zero-order valence-electron chi connectivity index (χ0n) is 14.1. The topological polar surface area (TPSA) is 54.0 Å². The molecule has 0 atom stereocenters. The monoisotopic (exact) mass is 353 g/mol. The summed E-state index contributed by atoms with van der Waals surface area (Å²) in [5.74, 6) is -2.30. The molecule has 0 spiro atoms. The van der Waals surface area contributed by atoms with E-state index in [4.69, 9.17) is 0 Å². The molecule has 0 fully saturated rings. The number of carbonyl (C=O) groups excluding carboxylic acids is 1. The van der Waals surface area contributed by atoms with Crippen molar-refractivity contribution in [1.29, 1.82) is 0 Å². The molecule has 3 rings (SSSR count). The Bertz CT molecular complexity index is 909. The summed E-state index contributed by atoms with van der Waals surface area (Å²) in [6.07, 6.45) is 1.59. The molecule has 2 aromatic carbocycles. The van der Waals surface area contributed by atoms with Crippen LogP contribution < -0.4 is 10.6 Å². The van der Waals surface area contributed by atoms with E-state index in [1.807, 2.05) is 31.2 Å². The van der Waals surface area contributed by atoms with Crippen LogP contribution in [0.3, 0.4) is 0 Å². The maximum atomic E-state index is 13.2. The predicted molar refractivity (Wildman–Crippen MR) is 97.1 cm³/mol. The van der Waals surface area contributed by atoms with E-state index in [1.165, 1.54) is 11.6 Å². The van der Waals surface area contributed by atoms with Crippen LogP contribution in [0.1, 0.15) is 21.5 Å². The number of aromatic nitrogens is 1. The lowest BCUT2D eigenvalue weighted by Gasteiger charge is -2.08. The van der Waals surface area contributed by atoms with Gasteiger partial charge in [0.15, 0.2) is 11.6 Å². The second kappa shape index (κ2) is 7.74. The third kappa shape index (κ3) is 4.42. The standard InChI is InChI=1S/C20H17F2N3O/c1-13-2-4-14(5-3-13)11-23-16-7-9-19(24-12-16)25-20(26)15-6-8-17(21)18(22)10-15/h2-10,12,23H,11H2,1H3,(H,24,25,26). The van der Waals surface area contributed by atoms with Gasteiger partial charge < -0.3 is 10.6 Å². The van der Waals surface area contributed by atoms with Crippen LogP contribution in [-0.4, -0.2) is 10.9 Å². The van der Waals surface area contributed by atoms with Crippen molar-refractivity contribution in [3.8, 4) is 0 Å². The predicted octanol–water partition coefficient (Wildman–Crippen LogP) is 4.53. The van der Waals surface area contributed by atoms with Crippen LogP contribution in [0.4, 0.5) is 20.3 Å². The summed E-state index contributed by atoms with van der Waals surface area (Å²) >= 11 is 0. The van der Waals surface area contributed by atoms with Crippen molar-refractivity contribution < 1.29 is 13.6 Å². The van der Waals surface area contributed by atoms with Gasteiger partial charge in [-0.2, -0.15) is 0 Å². The number of amides is 1. The number of rotatable bonds is 5. The van der Waals surface area contributed by atoms with Gasteiger partial charge in [0.1, 0.15) is 5.82 Å². The Morgan fingerprint density at radius 2 is 1.77 bits per heavy atom. The van der Waals surface area contributed by atoms with Gasteiger partial charge >= 0.3 is 0 Å². The van der Waals surface area contributed by atoms with E-state index in [2.05, 4.69) is 15.6 Å². The maximum Gasteiger partial charge on any atom is 0.256 e. The largest absolute Gasteiger partial charge is 0.380 e. The Balaban J connectivity index is 1.59. The van der Waals surface area contributed by atoms with Gasteiger partial charge in [-0.3, -0.25) is 4.79 Å². The molecule has 1 amide bonds. The molecule has 0 aliphatic heterocycles. The number of nitrogens with one attached hydrogen (secondary N) is 2. The average molecular weight is 353 g/mol. The Labute approximate surface area is 149 Å².